The Morgan fingerprint density at radius 2 is 1.95 bits per heavy atom. The first-order valence-corrected chi connectivity index (χ1v) is 12.2. The molecule has 3 aromatic heterocycles. The Labute approximate surface area is 211 Å². The van der Waals surface area contributed by atoms with Gasteiger partial charge >= 0.3 is 0 Å². The molecule has 182 valence electrons. The van der Waals surface area contributed by atoms with Crippen LogP contribution >= 0.6 is 0 Å². The van der Waals surface area contributed by atoms with Crippen molar-refractivity contribution in [3.8, 4) is 11.1 Å². The lowest BCUT2D eigenvalue weighted by molar-refractivity contribution is 0.0926. The molecule has 0 radical (unpaired) electrons. The molecule has 1 saturated heterocycles. The van der Waals surface area contributed by atoms with Crippen LogP contribution in [0, 0.1) is 5.82 Å². The van der Waals surface area contributed by atoms with E-state index in [0.717, 1.165) is 34.1 Å². The number of pyridine rings is 1. The Morgan fingerprint density at radius 1 is 1.05 bits per heavy atom. The van der Waals surface area contributed by atoms with Crippen LogP contribution in [0.1, 0.15) is 28.0 Å². The van der Waals surface area contributed by atoms with E-state index < -0.39 is 11.7 Å². The van der Waals surface area contributed by atoms with E-state index in [2.05, 4.69) is 50.6 Å². The average Bonchev–Trinajstić information content (AvgIpc) is 3.35. The highest BCUT2D eigenvalue weighted by Crippen LogP contribution is 2.45. The maximum Gasteiger partial charge on any atom is 0.254 e. The molecule has 2 aliphatic rings. The van der Waals surface area contributed by atoms with Gasteiger partial charge in [-0.3, -0.25) is 14.2 Å². The standard InChI is InChI=1S/C29H22FN5O2/c30-24-13-18(3-5-23(24)27(36)34-22-7-11-37-17-22)20-14-32-28-33-15-26(35(28)16-20)29(8-9-29)21-4-6-25-19(12-21)2-1-10-31-25/h1-6,8-10,12-16,22H,7,11,17H2,(H,34,36)/t22-/m1/s1. The molecule has 4 heterocycles. The number of benzene rings is 2. The summed E-state index contributed by atoms with van der Waals surface area (Å²) in [6.07, 6.45) is 12.2. The largest absolute Gasteiger partial charge is 0.379 e. The minimum Gasteiger partial charge on any atom is -0.379 e. The number of hydrogen-bond donors (Lipinski definition) is 1. The number of hydrogen-bond acceptors (Lipinski definition) is 5. The zero-order valence-electron chi connectivity index (χ0n) is 19.8. The lowest BCUT2D eigenvalue weighted by atomic mass is 9.89. The number of nitrogens with zero attached hydrogens (tertiary/aromatic N) is 4. The molecule has 8 heteroatoms. The number of carbonyl (C=O) groups is 1. The molecule has 1 atom stereocenters. The van der Waals surface area contributed by atoms with Gasteiger partial charge in [-0.05, 0) is 47.9 Å². The predicted octanol–water partition coefficient (Wildman–Crippen LogP) is 4.46. The number of amides is 1. The Bertz CT molecular complexity index is 1710. The number of carbonyl (C=O) groups excluding carboxylic acids is 1. The van der Waals surface area contributed by atoms with Gasteiger partial charge in [0.15, 0.2) is 0 Å². The summed E-state index contributed by atoms with van der Waals surface area (Å²) in [6.45, 7) is 1.06. The van der Waals surface area contributed by atoms with Gasteiger partial charge in [0.2, 0.25) is 5.78 Å². The van der Waals surface area contributed by atoms with Crippen molar-refractivity contribution in [2.45, 2.75) is 17.9 Å². The van der Waals surface area contributed by atoms with Crippen LogP contribution in [0.5, 0.6) is 0 Å². The molecule has 0 saturated carbocycles. The van der Waals surface area contributed by atoms with E-state index in [1.54, 1.807) is 18.5 Å². The summed E-state index contributed by atoms with van der Waals surface area (Å²) in [5.74, 6) is -0.452. The van der Waals surface area contributed by atoms with Crippen LogP contribution in [0.2, 0.25) is 0 Å². The molecule has 1 fully saturated rings. The highest BCUT2D eigenvalue weighted by Gasteiger charge is 2.41. The van der Waals surface area contributed by atoms with Crippen LogP contribution in [0.15, 0.2) is 85.5 Å². The van der Waals surface area contributed by atoms with Crippen LogP contribution in [0.4, 0.5) is 4.39 Å². The van der Waals surface area contributed by atoms with Crippen LogP contribution < -0.4 is 5.32 Å². The SMILES string of the molecule is O=C(N[C@@H]1CCOC1)c1ccc(-c2cnc3ncc(C4(c5ccc6ncccc6c5)C=C4)n3c2)cc1F. The topological polar surface area (TPSA) is 81.4 Å². The van der Waals surface area contributed by atoms with Crippen LogP contribution in [0.25, 0.3) is 27.8 Å². The third-order valence-electron chi connectivity index (χ3n) is 7.18. The van der Waals surface area contributed by atoms with E-state index in [0.29, 0.717) is 24.6 Å². The van der Waals surface area contributed by atoms with Crippen LogP contribution in [0.3, 0.4) is 0 Å². The minimum absolute atomic E-state index is 0.0138. The molecular formula is C29H22FN5O2. The first kappa shape index (κ1) is 21.8. The van der Waals surface area contributed by atoms with E-state index in [-0.39, 0.29) is 17.0 Å². The fourth-order valence-electron chi connectivity index (χ4n) is 5.05. The van der Waals surface area contributed by atoms with Gasteiger partial charge in [0, 0.05) is 36.1 Å². The second kappa shape index (κ2) is 8.31. The summed E-state index contributed by atoms with van der Waals surface area (Å²) in [7, 11) is 0. The molecule has 1 aliphatic carbocycles. The van der Waals surface area contributed by atoms with Crippen molar-refractivity contribution in [3.63, 3.8) is 0 Å². The van der Waals surface area contributed by atoms with Gasteiger partial charge in [0.05, 0.1) is 41.0 Å². The highest BCUT2D eigenvalue weighted by atomic mass is 19.1. The summed E-state index contributed by atoms with van der Waals surface area (Å²) < 4.78 is 22.2. The van der Waals surface area contributed by atoms with E-state index >= 15 is 0 Å². The van der Waals surface area contributed by atoms with Gasteiger partial charge in [0.25, 0.3) is 5.91 Å². The van der Waals surface area contributed by atoms with Crippen molar-refractivity contribution in [2.75, 3.05) is 13.2 Å². The maximum atomic E-state index is 15.0. The summed E-state index contributed by atoms with van der Waals surface area (Å²) in [5, 5.41) is 3.90. The Morgan fingerprint density at radius 3 is 2.76 bits per heavy atom. The van der Waals surface area contributed by atoms with Crippen molar-refractivity contribution in [1.82, 2.24) is 24.7 Å². The van der Waals surface area contributed by atoms with E-state index in [4.69, 9.17) is 4.74 Å². The van der Waals surface area contributed by atoms with Crippen molar-refractivity contribution in [1.29, 1.82) is 0 Å². The lowest BCUT2D eigenvalue weighted by Gasteiger charge is -2.17. The molecule has 2 aromatic carbocycles. The number of ether oxygens (including phenoxy) is 1. The number of halogens is 1. The molecule has 1 amide bonds. The van der Waals surface area contributed by atoms with Crippen molar-refractivity contribution in [2.24, 2.45) is 0 Å². The Hall–Kier alpha value is -4.43. The molecule has 37 heavy (non-hydrogen) atoms. The fourth-order valence-corrected chi connectivity index (χ4v) is 5.05. The third kappa shape index (κ3) is 3.68. The predicted molar refractivity (Wildman–Crippen MR) is 137 cm³/mol. The fraction of sp³-hybridized carbons (Fsp3) is 0.172. The van der Waals surface area contributed by atoms with Crippen molar-refractivity contribution >= 4 is 22.6 Å². The number of rotatable bonds is 5. The van der Waals surface area contributed by atoms with Gasteiger partial charge in [-0.2, -0.15) is 0 Å². The third-order valence-corrected chi connectivity index (χ3v) is 7.18. The first-order valence-electron chi connectivity index (χ1n) is 12.2. The van der Waals surface area contributed by atoms with Gasteiger partial charge in [-0.15, -0.1) is 0 Å². The van der Waals surface area contributed by atoms with Gasteiger partial charge in [-0.1, -0.05) is 30.4 Å². The summed E-state index contributed by atoms with van der Waals surface area (Å²) in [6, 6.07) is 14.8. The minimum atomic E-state index is -0.579. The number of allylic oxidation sites excluding steroid dienone is 2. The van der Waals surface area contributed by atoms with Crippen LogP contribution in [-0.4, -0.2) is 44.5 Å². The van der Waals surface area contributed by atoms with E-state index in [1.807, 2.05) is 28.9 Å². The molecule has 0 unspecified atom stereocenters. The number of nitrogens with one attached hydrogen (secondary N) is 1. The number of imidazole rings is 1. The van der Waals surface area contributed by atoms with E-state index in [9.17, 15) is 9.18 Å². The van der Waals surface area contributed by atoms with Crippen molar-refractivity contribution in [3.05, 3.63) is 108 Å². The van der Waals surface area contributed by atoms with Crippen molar-refractivity contribution < 1.29 is 13.9 Å². The summed E-state index contributed by atoms with van der Waals surface area (Å²) in [4.78, 5) is 26.0. The Balaban J connectivity index is 1.23. The monoisotopic (exact) mass is 491 g/mol. The average molecular weight is 492 g/mol. The molecule has 7 nitrogen and oxygen atoms in total. The van der Waals surface area contributed by atoms with Gasteiger partial charge in [-0.25, -0.2) is 14.4 Å². The van der Waals surface area contributed by atoms with E-state index in [1.165, 1.54) is 12.1 Å². The van der Waals surface area contributed by atoms with Crippen LogP contribution in [-0.2, 0) is 10.2 Å². The van der Waals surface area contributed by atoms with Gasteiger partial charge < -0.3 is 10.1 Å². The summed E-state index contributed by atoms with van der Waals surface area (Å²) in [5.41, 5.74) is 3.99. The molecule has 1 N–H and O–H groups in total. The molecule has 7 rings (SSSR count). The number of fused-ring (bicyclic) bond motifs is 2. The zero-order chi connectivity index (χ0) is 25.0. The lowest BCUT2D eigenvalue weighted by Crippen LogP contribution is -2.35. The normalized spacial score (nSPS) is 17.9. The molecule has 0 spiro atoms. The highest BCUT2D eigenvalue weighted by molar-refractivity contribution is 5.95. The molecule has 5 aromatic rings. The smallest absolute Gasteiger partial charge is 0.254 e. The Kier molecular flexibility index (Phi) is 4.90. The second-order valence-corrected chi connectivity index (χ2v) is 9.50. The quantitative estimate of drug-likeness (QED) is 0.367. The maximum absolute atomic E-state index is 15.0. The number of aromatic nitrogens is 4. The molecule has 0 bridgehead atoms. The summed E-state index contributed by atoms with van der Waals surface area (Å²) >= 11 is 0. The molecular weight excluding hydrogens is 469 g/mol. The second-order valence-electron chi connectivity index (χ2n) is 9.50. The first-order chi connectivity index (χ1) is 18.1. The zero-order valence-corrected chi connectivity index (χ0v) is 19.8. The van der Waals surface area contributed by atoms with Gasteiger partial charge in [0.1, 0.15) is 5.82 Å². The molecule has 1 aliphatic heterocycles.